The molecule has 1 atom stereocenters. The van der Waals surface area contributed by atoms with Crippen LogP contribution in [0.2, 0.25) is 0 Å². The van der Waals surface area contributed by atoms with Crippen LogP contribution in [-0.2, 0) is 0 Å². The summed E-state index contributed by atoms with van der Waals surface area (Å²) < 4.78 is 10.5. The summed E-state index contributed by atoms with van der Waals surface area (Å²) in [5, 5.41) is 9.78. The molecule has 23 heavy (non-hydrogen) atoms. The van der Waals surface area contributed by atoms with Crippen molar-refractivity contribution in [2.24, 2.45) is 5.41 Å². The van der Waals surface area contributed by atoms with Crippen LogP contribution < -0.4 is 9.64 Å². The summed E-state index contributed by atoms with van der Waals surface area (Å²) in [5.74, 6) is 0.526. The topological polar surface area (TPSA) is 62.9 Å². The summed E-state index contributed by atoms with van der Waals surface area (Å²) in [5.41, 5.74) is 1.72. The third-order valence-electron chi connectivity index (χ3n) is 3.68. The lowest BCUT2D eigenvalue weighted by Crippen LogP contribution is -2.40. The van der Waals surface area contributed by atoms with Crippen molar-refractivity contribution in [2.45, 2.75) is 33.7 Å². The zero-order valence-electron chi connectivity index (χ0n) is 14.2. The van der Waals surface area contributed by atoms with Gasteiger partial charge in [0.25, 0.3) is 5.95 Å². The highest BCUT2D eigenvalue weighted by atomic mass is 16.6. The maximum absolute atomic E-state index is 12.0. The minimum absolute atomic E-state index is 0.245. The number of furan rings is 1. The molecule has 0 saturated carbocycles. The molecule has 0 saturated heterocycles. The molecule has 1 N–H and O–H groups in total. The summed E-state index contributed by atoms with van der Waals surface area (Å²) in [4.78, 5) is 13.2. The van der Waals surface area contributed by atoms with Crippen molar-refractivity contribution < 1.29 is 19.1 Å². The Balaban J connectivity index is 2.53. The average Bonchev–Trinajstić information content (AvgIpc) is 2.92. The van der Waals surface area contributed by atoms with Crippen molar-refractivity contribution in [2.75, 3.05) is 12.0 Å². The van der Waals surface area contributed by atoms with Gasteiger partial charge in [0.05, 0.1) is 13.2 Å². The van der Waals surface area contributed by atoms with Gasteiger partial charge in [-0.25, -0.2) is 9.69 Å². The number of ether oxygens (including phenoxy) is 1. The van der Waals surface area contributed by atoms with Gasteiger partial charge in [0, 0.05) is 12.1 Å². The van der Waals surface area contributed by atoms with Gasteiger partial charge in [-0.3, -0.25) is 0 Å². The van der Waals surface area contributed by atoms with Gasteiger partial charge < -0.3 is 14.3 Å². The molecule has 0 aliphatic carbocycles. The maximum atomic E-state index is 12.0. The van der Waals surface area contributed by atoms with Crippen LogP contribution >= 0.6 is 0 Å². The van der Waals surface area contributed by atoms with Crippen LogP contribution in [0, 0.1) is 12.3 Å². The first-order valence-corrected chi connectivity index (χ1v) is 7.46. The molecule has 2 rings (SSSR count). The summed E-state index contributed by atoms with van der Waals surface area (Å²) in [6.07, 6.45) is -1.07. The Bertz CT molecular complexity index is 667. The Morgan fingerprint density at radius 2 is 1.78 bits per heavy atom. The van der Waals surface area contributed by atoms with Crippen LogP contribution in [0.4, 0.5) is 10.7 Å². The molecule has 1 unspecified atom stereocenters. The number of hydrogen-bond acceptors (Lipinski definition) is 3. The SMILES string of the molecule is COc1ccc(N(C(=O)O)C(c2ccc(C)cc2)C(C)(C)C)o1. The number of carbonyl (C=O) groups is 1. The second-order valence-corrected chi connectivity index (χ2v) is 6.63. The van der Waals surface area contributed by atoms with Crippen LogP contribution in [0.3, 0.4) is 0 Å². The second kappa shape index (κ2) is 6.36. The summed E-state index contributed by atoms with van der Waals surface area (Å²) >= 11 is 0. The Labute approximate surface area is 136 Å². The lowest BCUT2D eigenvalue weighted by atomic mass is 9.81. The molecule has 2 aromatic rings. The largest absolute Gasteiger partial charge is 0.468 e. The molecule has 1 heterocycles. The zero-order chi connectivity index (χ0) is 17.2. The predicted octanol–water partition coefficient (Wildman–Crippen LogP) is 4.87. The van der Waals surface area contributed by atoms with Gasteiger partial charge >= 0.3 is 6.09 Å². The summed E-state index contributed by atoms with van der Waals surface area (Å²) in [7, 11) is 1.48. The lowest BCUT2D eigenvalue weighted by molar-refractivity contribution is 0.185. The van der Waals surface area contributed by atoms with E-state index in [0.717, 1.165) is 11.1 Å². The van der Waals surface area contributed by atoms with Crippen LogP contribution in [-0.4, -0.2) is 18.3 Å². The Hall–Kier alpha value is -2.43. The molecule has 1 aromatic carbocycles. The second-order valence-electron chi connectivity index (χ2n) is 6.63. The first kappa shape index (κ1) is 16.9. The van der Waals surface area contributed by atoms with E-state index in [1.54, 1.807) is 12.1 Å². The van der Waals surface area contributed by atoms with Crippen molar-refractivity contribution in [3.63, 3.8) is 0 Å². The van der Waals surface area contributed by atoms with Crippen molar-refractivity contribution >= 4 is 12.0 Å². The molecule has 0 spiro atoms. The Morgan fingerprint density at radius 3 is 2.22 bits per heavy atom. The molecule has 5 heteroatoms. The van der Waals surface area contributed by atoms with Crippen molar-refractivity contribution in [1.82, 2.24) is 0 Å². The normalized spacial score (nSPS) is 12.7. The van der Waals surface area contributed by atoms with Gasteiger partial charge in [-0.15, -0.1) is 0 Å². The monoisotopic (exact) mass is 317 g/mol. The van der Waals surface area contributed by atoms with E-state index in [4.69, 9.17) is 9.15 Å². The third-order valence-corrected chi connectivity index (χ3v) is 3.68. The highest BCUT2D eigenvalue weighted by Gasteiger charge is 2.37. The van der Waals surface area contributed by atoms with Crippen LogP contribution in [0.25, 0.3) is 0 Å². The van der Waals surface area contributed by atoms with Gasteiger partial charge in [-0.05, 0) is 17.9 Å². The van der Waals surface area contributed by atoms with Gasteiger partial charge in [0.15, 0.2) is 0 Å². The highest BCUT2D eigenvalue weighted by Crippen LogP contribution is 2.41. The van der Waals surface area contributed by atoms with E-state index in [-0.39, 0.29) is 17.2 Å². The van der Waals surface area contributed by atoms with E-state index in [0.29, 0.717) is 0 Å². The van der Waals surface area contributed by atoms with E-state index in [1.165, 1.54) is 12.0 Å². The summed E-state index contributed by atoms with van der Waals surface area (Å²) in [6, 6.07) is 10.7. The molecule has 0 fully saturated rings. The first-order valence-electron chi connectivity index (χ1n) is 7.46. The molecule has 0 bridgehead atoms. The smallest absolute Gasteiger partial charge is 0.414 e. The number of anilines is 1. The molecular weight excluding hydrogens is 294 g/mol. The van der Waals surface area contributed by atoms with Crippen molar-refractivity contribution in [1.29, 1.82) is 0 Å². The number of nitrogens with zero attached hydrogens (tertiary/aromatic N) is 1. The van der Waals surface area contributed by atoms with Crippen molar-refractivity contribution in [3.8, 4) is 5.95 Å². The minimum atomic E-state index is -1.07. The average molecular weight is 317 g/mol. The number of rotatable bonds is 4. The fourth-order valence-electron chi connectivity index (χ4n) is 2.67. The Morgan fingerprint density at radius 1 is 1.17 bits per heavy atom. The van der Waals surface area contributed by atoms with Crippen molar-refractivity contribution in [3.05, 3.63) is 47.5 Å². The number of aryl methyl sites for hydroxylation is 1. The first-order chi connectivity index (χ1) is 10.7. The van der Waals surface area contributed by atoms with E-state index < -0.39 is 12.1 Å². The molecule has 5 nitrogen and oxygen atoms in total. The van der Waals surface area contributed by atoms with E-state index in [2.05, 4.69) is 0 Å². The standard InChI is InChI=1S/C18H23NO4/c1-12-6-8-13(9-7-12)16(18(2,3)4)19(17(20)21)14-10-11-15(22-5)23-14/h6-11,16H,1-5H3,(H,20,21). The van der Waals surface area contributed by atoms with Gasteiger partial charge in [0.1, 0.15) is 0 Å². The molecule has 1 amide bonds. The van der Waals surface area contributed by atoms with Gasteiger partial charge in [-0.2, -0.15) is 0 Å². The fourth-order valence-corrected chi connectivity index (χ4v) is 2.67. The quantitative estimate of drug-likeness (QED) is 0.874. The molecule has 0 aliphatic heterocycles. The number of carboxylic acid groups (broad SMARTS) is 1. The molecule has 124 valence electrons. The molecule has 0 aliphatic rings. The third kappa shape index (κ3) is 3.67. The number of benzene rings is 1. The van der Waals surface area contributed by atoms with E-state index in [9.17, 15) is 9.90 Å². The zero-order valence-corrected chi connectivity index (χ0v) is 14.2. The number of hydrogen-bond donors (Lipinski definition) is 1. The Kier molecular flexibility index (Phi) is 4.68. The highest BCUT2D eigenvalue weighted by molar-refractivity contribution is 5.85. The lowest BCUT2D eigenvalue weighted by Gasteiger charge is -2.37. The minimum Gasteiger partial charge on any atom is -0.468 e. The fraction of sp³-hybridized carbons (Fsp3) is 0.389. The number of methoxy groups -OCH3 is 1. The van der Waals surface area contributed by atoms with Gasteiger partial charge in [-0.1, -0.05) is 50.6 Å². The predicted molar refractivity (Wildman–Crippen MR) is 89.1 cm³/mol. The van der Waals surface area contributed by atoms with E-state index in [1.807, 2.05) is 52.0 Å². The molecule has 1 aromatic heterocycles. The number of amides is 1. The summed E-state index contributed by atoms with van der Waals surface area (Å²) in [6.45, 7) is 8.02. The molecule has 0 radical (unpaired) electrons. The van der Waals surface area contributed by atoms with Crippen LogP contribution in [0.5, 0.6) is 5.95 Å². The maximum Gasteiger partial charge on any atom is 0.414 e. The van der Waals surface area contributed by atoms with Crippen LogP contribution in [0.15, 0.2) is 40.8 Å². The molecular formula is C18H23NO4. The van der Waals surface area contributed by atoms with Crippen LogP contribution in [0.1, 0.15) is 37.9 Å². The van der Waals surface area contributed by atoms with Gasteiger partial charge in [0.2, 0.25) is 5.88 Å². The van der Waals surface area contributed by atoms with E-state index >= 15 is 0 Å².